The van der Waals surface area contributed by atoms with Crippen LogP contribution in [-0.2, 0) is 4.79 Å². The van der Waals surface area contributed by atoms with Crippen molar-refractivity contribution in [3.63, 3.8) is 0 Å². The Labute approximate surface area is 138 Å². The number of rotatable bonds is 6. The fourth-order valence-electron chi connectivity index (χ4n) is 2.91. The third-order valence-electron chi connectivity index (χ3n) is 4.46. The van der Waals surface area contributed by atoms with Crippen LogP contribution in [0.3, 0.4) is 0 Å². The first kappa shape index (κ1) is 17.4. The Hall–Kier alpha value is -1.00. The Morgan fingerprint density at radius 1 is 1.32 bits per heavy atom. The fraction of sp³-hybridized carbons (Fsp3) is 0.611. The van der Waals surface area contributed by atoms with E-state index in [0.717, 1.165) is 38.4 Å². The molecule has 0 aromatic heterocycles. The molecule has 1 saturated heterocycles. The van der Waals surface area contributed by atoms with Gasteiger partial charge in [0.25, 0.3) is 0 Å². The number of nitrogens with zero attached hydrogens (tertiary/aromatic N) is 1. The zero-order chi connectivity index (χ0) is 15.9. The Morgan fingerprint density at radius 2 is 2.05 bits per heavy atom. The van der Waals surface area contributed by atoms with Crippen LogP contribution in [0.4, 0.5) is 0 Å². The van der Waals surface area contributed by atoms with E-state index in [-0.39, 0.29) is 5.91 Å². The first-order valence-corrected chi connectivity index (χ1v) is 9.21. The van der Waals surface area contributed by atoms with Crippen molar-refractivity contribution in [2.75, 3.05) is 32.4 Å². The molecular formula is C18H28N2OS. The number of hydrogen-bond donors (Lipinski definition) is 1. The average molecular weight is 321 g/mol. The molecule has 0 unspecified atom stereocenters. The largest absolute Gasteiger partial charge is 0.342 e. The van der Waals surface area contributed by atoms with Gasteiger partial charge in [0.15, 0.2) is 0 Å². The number of nitrogens with one attached hydrogen (secondary N) is 1. The van der Waals surface area contributed by atoms with Gasteiger partial charge >= 0.3 is 0 Å². The second-order valence-electron chi connectivity index (χ2n) is 6.27. The zero-order valence-electron chi connectivity index (χ0n) is 14.0. The van der Waals surface area contributed by atoms with Crippen molar-refractivity contribution in [1.82, 2.24) is 10.2 Å². The van der Waals surface area contributed by atoms with Gasteiger partial charge < -0.3 is 10.2 Å². The maximum Gasteiger partial charge on any atom is 0.232 e. The lowest BCUT2D eigenvalue weighted by Crippen LogP contribution is -2.39. The number of carbonyl (C=O) groups excluding carboxylic acids is 1. The Bertz CT molecular complexity index is 496. The summed E-state index contributed by atoms with van der Waals surface area (Å²) in [4.78, 5) is 15.7. The molecule has 4 heteroatoms. The molecule has 1 fully saturated rings. The summed E-state index contributed by atoms with van der Waals surface area (Å²) >= 11 is 1.68. The first-order valence-electron chi connectivity index (χ1n) is 8.22. The molecule has 2 rings (SSSR count). The average Bonchev–Trinajstić information content (AvgIpc) is 2.54. The van der Waals surface area contributed by atoms with E-state index < -0.39 is 0 Å². The van der Waals surface area contributed by atoms with Crippen LogP contribution in [-0.4, -0.2) is 43.2 Å². The van der Waals surface area contributed by atoms with E-state index in [1.807, 2.05) is 11.9 Å². The minimum atomic E-state index is 0.290. The lowest BCUT2D eigenvalue weighted by Gasteiger charge is -2.32. The lowest BCUT2D eigenvalue weighted by atomic mass is 9.93. The van der Waals surface area contributed by atoms with Gasteiger partial charge in [-0.05, 0) is 64.3 Å². The molecule has 1 aliphatic heterocycles. The van der Waals surface area contributed by atoms with Crippen LogP contribution in [0.15, 0.2) is 23.1 Å². The zero-order valence-corrected chi connectivity index (χ0v) is 14.8. The van der Waals surface area contributed by atoms with Crippen LogP contribution in [0.1, 0.15) is 30.4 Å². The van der Waals surface area contributed by atoms with Crippen molar-refractivity contribution < 1.29 is 4.79 Å². The monoisotopic (exact) mass is 320 g/mol. The molecule has 0 bridgehead atoms. The second-order valence-corrected chi connectivity index (χ2v) is 7.29. The molecule has 0 radical (unpaired) electrons. The van der Waals surface area contributed by atoms with Crippen LogP contribution in [0.5, 0.6) is 0 Å². The standard InChI is InChI=1S/C18H28N2OS/c1-14-4-5-15(2)17(12-14)22-13-18(21)20-10-7-16(8-11-20)6-9-19-3/h4-5,12,16,19H,6-11,13H2,1-3H3. The number of piperidine rings is 1. The van der Waals surface area contributed by atoms with Gasteiger partial charge in [0.2, 0.25) is 5.91 Å². The first-order chi connectivity index (χ1) is 10.6. The highest BCUT2D eigenvalue weighted by Gasteiger charge is 2.22. The maximum absolute atomic E-state index is 12.4. The van der Waals surface area contributed by atoms with Crippen LogP contribution in [0.25, 0.3) is 0 Å². The molecule has 0 saturated carbocycles. The number of benzene rings is 1. The molecule has 0 atom stereocenters. The second kappa shape index (κ2) is 8.59. The van der Waals surface area contributed by atoms with Crippen LogP contribution in [0, 0.1) is 19.8 Å². The van der Waals surface area contributed by atoms with Gasteiger partial charge in [-0.25, -0.2) is 0 Å². The normalized spacial score (nSPS) is 16.0. The van der Waals surface area contributed by atoms with Crippen molar-refractivity contribution in [2.24, 2.45) is 5.92 Å². The summed E-state index contributed by atoms with van der Waals surface area (Å²) in [7, 11) is 2.00. The molecule has 0 spiro atoms. The topological polar surface area (TPSA) is 32.3 Å². The van der Waals surface area contributed by atoms with Crippen LogP contribution in [0.2, 0.25) is 0 Å². The predicted octanol–water partition coefficient (Wildman–Crippen LogP) is 3.24. The summed E-state index contributed by atoms with van der Waals surface area (Å²) in [5.41, 5.74) is 2.51. The number of thioether (sulfide) groups is 1. The highest BCUT2D eigenvalue weighted by molar-refractivity contribution is 8.00. The van der Waals surface area contributed by atoms with Gasteiger partial charge in [0, 0.05) is 18.0 Å². The van der Waals surface area contributed by atoms with Crippen LogP contribution < -0.4 is 5.32 Å². The van der Waals surface area contributed by atoms with Gasteiger partial charge in [0.05, 0.1) is 5.75 Å². The van der Waals surface area contributed by atoms with Crippen molar-refractivity contribution >= 4 is 17.7 Å². The quantitative estimate of drug-likeness (QED) is 0.817. The molecular weight excluding hydrogens is 292 g/mol. The molecule has 3 nitrogen and oxygen atoms in total. The SMILES string of the molecule is CNCCC1CCN(C(=O)CSc2cc(C)ccc2C)CC1. The Balaban J connectivity index is 1.77. The molecule has 1 aromatic rings. The molecule has 1 amide bonds. The van der Waals surface area contributed by atoms with E-state index in [1.54, 1.807) is 11.8 Å². The van der Waals surface area contributed by atoms with Gasteiger partial charge in [0.1, 0.15) is 0 Å². The highest BCUT2D eigenvalue weighted by Crippen LogP contribution is 2.25. The smallest absolute Gasteiger partial charge is 0.232 e. The molecule has 1 aromatic carbocycles. The van der Waals surface area contributed by atoms with E-state index in [9.17, 15) is 4.79 Å². The third-order valence-corrected chi connectivity index (χ3v) is 5.61. The lowest BCUT2D eigenvalue weighted by molar-refractivity contribution is -0.129. The molecule has 0 aliphatic carbocycles. The number of amides is 1. The van der Waals surface area contributed by atoms with Gasteiger partial charge in [-0.15, -0.1) is 11.8 Å². The van der Waals surface area contributed by atoms with E-state index in [2.05, 4.69) is 37.4 Å². The van der Waals surface area contributed by atoms with Gasteiger partial charge in [-0.3, -0.25) is 4.79 Å². The molecule has 122 valence electrons. The number of likely N-dealkylation sites (tertiary alicyclic amines) is 1. The Kier molecular flexibility index (Phi) is 6.77. The predicted molar refractivity (Wildman–Crippen MR) is 94.5 cm³/mol. The molecule has 22 heavy (non-hydrogen) atoms. The summed E-state index contributed by atoms with van der Waals surface area (Å²) in [6.45, 7) is 7.16. The van der Waals surface area contributed by atoms with Gasteiger partial charge in [-0.1, -0.05) is 17.7 Å². The minimum Gasteiger partial charge on any atom is -0.342 e. The summed E-state index contributed by atoms with van der Waals surface area (Å²) in [5, 5.41) is 3.21. The molecule has 1 N–H and O–H groups in total. The summed E-state index contributed by atoms with van der Waals surface area (Å²) in [6, 6.07) is 6.43. The van der Waals surface area contributed by atoms with Gasteiger partial charge in [-0.2, -0.15) is 0 Å². The number of aryl methyl sites for hydroxylation is 2. The van der Waals surface area contributed by atoms with Crippen molar-refractivity contribution in [1.29, 1.82) is 0 Å². The summed E-state index contributed by atoms with van der Waals surface area (Å²) in [6.07, 6.45) is 3.54. The van der Waals surface area contributed by atoms with E-state index in [4.69, 9.17) is 0 Å². The number of carbonyl (C=O) groups is 1. The maximum atomic E-state index is 12.4. The van der Waals surface area contributed by atoms with Crippen molar-refractivity contribution in [3.8, 4) is 0 Å². The third kappa shape index (κ3) is 5.03. The highest BCUT2D eigenvalue weighted by atomic mass is 32.2. The minimum absolute atomic E-state index is 0.290. The van der Waals surface area contributed by atoms with Crippen molar-refractivity contribution in [2.45, 2.75) is 38.0 Å². The van der Waals surface area contributed by atoms with E-state index in [1.165, 1.54) is 22.4 Å². The van der Waals surface area contributed by atoms with Crippen LogP contribution >= 0.6 is 11.8 Å². The van der Waals surface area contributed by atoms with Crippen molar-refractivity contribution in [3.05, 3.63) is 29.3 Å². The molecule has 1 aliphatic rings. The van der Waals surface area contributed by atoms with E-state index >= 15 is 0 Å². The van der Waals surface area contributed by atoms with E-state index in [0.29, 0.717) is 5.75 Å². The summed E-state index contributed by atoms with van der Waals surface area (Å²) in [5.74, 6) is 1.63. The summed E-state index contributed by atoms with van der Waals surface area (Å²) < 4.78 is 0. The fourth-order valence-corrected chi connectivity index (χ4v) is 3.94. The number of hydrogen-bond acceptors (Lipinski definition) is 3. The Morgan fingerprint density at radius 3 is 2.73 bits per heavy atom. The molecule has 1 heterocycles.